The Morgan fingerprint density at radius 3 is 2.95 bits per heavy atom. The second kappa shape index (κ2) is 7.73. The third-order valence-corrected chi connectivity index (χ3v) is 3.58. The number of ether oxygens (including phenoxy) is 1. The predicted molar refractivity (Wildman–Crippen MR) is 80.2 cm³/mol. The lowest BCUT2D eigenvalue weighted by atomic mass is 10.3. The highest BCUT2D eigenvalue weighted by Gasteiger charge is 2.24. The van der Waals surface area contributed by atoms with E-state index in [1.807, 2.05) is 11.0 Å². The van der Waals surface area contributed by atoms with E-state index in [0.717, 1.165) is 0 Å². The van der Waals surface area contributed by atoms with Crippen molar-refractivity contribution in [3.63, 3.8) is 0 Å². The maximum atomic E-state index is 12.0. The molecule has 22 heavy (non-hydrogen) atoms. The summed E-state index contributed by atoms with van der Waals surface area (Å²) in [7, 11) is 1.56. The summed E-state index contributed by atoms with van der Waals surface area (Å²) in [6, 6.07) is 5.48. The Morgan fingerprint density at radius 1 is 1.50 bits per heavy atom. The van der Waals surface area contributed by atoms with Crippen LogP contribution in [0.3, 0.4) is 0 Å². The minimum Gasteiger partial charge on any atom is -0.389 e. The van der Waals surface area contributed by atoms with Gasteiger partial charge in [0.05, 0.1) is 24.7 Å². The van der Waals surface area contributed by atoms with Crippen molar-refractivity contribution < 1.29 is 14.6 Å². The SMILES string of the molecule is COCCC(=O)N1CCN(c2ccc(C#N)cn2)C[C@@H](O)C1. The van der Waals surface area contributed by atoms with E-state index in [-0.39, 0.29) is 5.91 Å². The molecule has 0 aromatic carbocycles. The number of rotatable bonds is 4. The topological polar surface area (TPSA) is 89.7 Å². The van der Waals surface area contributed by atoms with Crippen molar-refractivity contribution >= 4 is 11.7 Å². The van der Waals surface area contributed by atoms with E-state index >= 15 is 0 Å². The van der Waals surface area contributed by atoms with Crippen LogP contribution >= 0.6 is 0 Å². The molecule has 0 saturated carbocycles. The van der Waals surface area contributed by atoms with Crippen LogP contribution in [0, 0.1) is 11.3 Å². The second-order valence-corrected chi connectivity index (χ2v) is 5.20. The summed E-state index contributed by atoms with van der Waals surface area (Å²) in [4.78, 5) is 19.9. The zero-order valence-electron chi connectivity index (χ0n) is 12.6. The minimum atomic E-state index is -0.633. The van der Waals surface area contributed by atoms with Crippen molar-refractivity contribution in [3.8, 4) is 6.07 Å². The first kappa shape index (κ1) is 16.2. The third-order valence-electron chi connectivity index (χ3n) is 3.58. The normalized spacial score (nSPS) is 18.7. The zero-order valence-corrected chi connectivity index (χ0v) is 12.6. The van der Waals surface area contributed by atoms with Gasteiger partial charge in [0, 0.05) is 39.5 Å². The van der Waals surface area contributed by atoms with E-state index in [1.54, 1.807) is 24.1 Å². The Bertz CT molecular complexity index is 541. The molecule has 1 atom stereocenters. The molecule has 118 valence electrons. The second-order valence-electron chi connectivity index (χ2n) is 5.20. The summed E-state index contributed by atoms with van der Waals surface area (Å²) in [5.74, 6) is 0.680. The Balaban J connectivity index is 2.01. The smallest absolute Gasteiger partial charge is 0.225 e. The number of hydrogen-bond acceptors (Lipinski definition) is 6. The molecule has 0 spiro atoms. The molecule has 7 nitrogen and oxygen atoms in total. The van der Waals surface area contributed by atoms with Crippen molar-refractivity contribution in [1.82, 2.24) is 9.88 Å². The fraction of sp³-hybridized carbons (Fsp3) is 0.533. The van der Waals surface area contributed by atoms with Gasteiger partial charge in [0.2, 0.25) is 5.91 Å². The molecule has 0 bridgehead atoms. The molecule has 1 aliphatic heterocycles. The van der Waals surface area contributed by atoms with Crippen LogP contribution in [-0.2, 0) is 9.53 Å². The van der Waals surface area contributed by atoms with Crippen molar-refractivity contribution in [2.75, 3.05) is 44.8 Å². The van der Waals surface area contributed by atoms with Gasteiger partial charge in [-0.1, -0.05) is 0 Å². The summed E-state index contributed by atoms with van der Waals surface area (Å²) in [6.45, 7) is 2.23. The number of β-amino-alcohol motifs (C(OH)–C–C–N with tert-alkyl or cyclic N) is 1. The number of carbonyl (C=O) groups excluding carboxylic acids is 1. The number of amides is 1. The molecule has 0 aliphatic carbocycles. The zero-order chi connectivity index (χ0) is 15.9. The van der Waals surface area contributed by atoms with Crippen LogP contribution in [0.5, 0.6) is 0 Å². The van der Waals surface area contributed by atoms with E-state index in [4.69, 9.17) is 10.00 Å². The predicted octanol–water partition coefficient (Wildman–Crippen LogP) is -0.000720. The quantitative estimate of drug-likeness (QED) is 0.842. The van der Waals surface area contributed by atoms with E-state index < -0.39 is 6.10 Å². The molecule has 1 aliphatic rings. The molecule has 1 aromatic rings. The number of aromatic nitrogens is 1. The molecule has 2 rings (SSSR count). The molecule has 2 heterocycles. The maximum Gasteiger partial charge on any atom is 0.225 e. The monoisotopic (exact) mass is 304 g/mol. The Morgan fingerprint density at radius 2 is 2.32 bits per heavy atom. The third kappa shape index (κ3) is 4.16. The van der Waals surface area contributed by atoms with Gasteiger partial charge in [-0.3, -0.25) is 4.79 Å². The van der Waals surface area contributed by atoms with Gasteiger partial charge in [-0.25, -0.2) is 4.98 Å². The van der Waals surface area contributed by atoms with Crippen LogP contribution in [0.2, 0.25) is 0 Å². The number of methoxy groups -OCH3 is 1. The molecule has 1 saturated heterocycles. The van der Waals surface area contributed by atoms with Crippen LogP contribution in [0.25, 0.3) is 0 Å². The lowest BCUT2D eigenvalue weighted by molar-refractivity contribution is -0.133. The van der Waals surface area contributed by atoms with E-state index in [9.17, 15) is 9.90 Å². The van der Waals surface area contributed by atoms with Gasteiger partial charge in [-0.2, -0.15) is 5.26 Å². The molecule has 0 unspecified atom stereocenters. The van der Waals surface area contributed by atoms with Crippen LogP contribution in [0.1, 0.15) is 12.0 Å². The van der Waals surface area contributed by atoms with Gasteiger partial charge >= 0.3 is 0 Å². The molecule has 0 radical (unpaired) electrons. The number of carbonyl (C=O) groups is 1. The number of nitriles is 1. The first-order valence-corrected chi connectivity index (χ1v) is 7.20. The van der Waals surface area contributed by atoms with Crippen LogP contribution in [0.4, 0.5) is 5.82 Å². The molecule has 1 fully saturated rings. The van der Waals surface area contributed by atoms with Crippen molar-refractivity contribution in [1.29, 1.82) is 5.26 Å². The average Bonchev–Trinajstić information content (AvgIpc) is 2.74. The largest absolute Gasteiger partial charge is 0.389 e. The molecule has 1 aromatic heterocycles. The average molecular weight is 304 g/mol. The number of aliphatic hydroxyl groups excluding tert-OH is 1. The van der Waals surface area contributed by atoms with E-state index in [1.165, 1.54) is 6.20 Å². The summed E-state index contributed by atoms with van der Waals surface area (Å²) in [5.41, 5.74) is 0.496. The van der Waals surface area contributed by atoms with Crippen LogP contribution in [-0.4, -0.2) is 66.9 Å². The Kier molecular flexibility index (Phi) is 5.69. The van der Waals surface area contributed by atoms with Gasteiger partial charge in [0.15, 0.2) is 0 Å². The number of nitrogens with zero attached hydrogens (tertiary/aromatic N) is 4. The van der Waals surface area contributed by atoms with Crippen LogP contribution < -0.4 is 4.90 Å². The van der Waals surface area contributed by atoms with E-state index in [0.29, 0.717) is 50.6 Å². The lowest BCUT2D eigenvalue weighted by Gasteiger charge is -2.22. The fourth-order valence-corrected chi connectivity index (χ4v) is 2.41. The van der Waals surface area contributed by atoms with Crippen molar-refractivity contribution in [2.24, 2.45) is 0 Å². The highest BCUT2D eigenvalue weighted by atomic mass is 16.5. The lowest BCUT2D eigenvalue weighted by Crippen LogP contribution is -2.38. The fourth-order valence-electron chi connectivity index (χ4n) is 2.41. The molecular weight excluding hydrogens is 284 g/mol. The number of anilines is 1. The Labute approximate surface area is 129 Å². The van der Waals surface area contributed by atoms with Gasteiger partial charge in [0.25, 0.3) is 0 Å². The minimum absolute atomic E-state index is 0.0180. The van der Waals surface area contributed by atoms with Gasteiger partial charge in [0.1, 0.15) is 11.9 Å². The summed E-state index contributed by atoms with van der Waals surface area (Å²) in [6.07, 6.45) is 1.19. The van der Waals surface area contributed by atoms with Crippen LogP contribution in [0.15, 0.2) is 18.3 Å². The summed E-state index contributed by atoms with van der Waals surface area (Å²) < 4.78 is 4.92. The van der Waals surface area contributed by atoms with Gasteiger partial charge < -0.3 is 19.6 Å². The van der Waals surface area contributed by atoms with Crippen molar-refractivity contribution in [3.05, 3.63) is 23.9 Å². The van der Waals surface area contributed by atoms with Gasteiger partial charge in [-0.05, 0) is 12.1 Å². The highest BCUT2D eigenvalue weighted by Crippen LogP contribution is 2.15. The van der Waals surface area contributed by atoms with Gasteiger partial charge in [-0.15, -0.1) is 0 Å². The standard InChI is InChI=1S/C15H20N4O3/c1-22-7-4-15(21)19-6-5-18(10-13(20)11-19)14-3-2-12(8-16)9-17-14/h2-3,9,13,20H,4-7,10-11H2,1H3/t13-/m1/s1. The Hall–Kier alpha value is -2.17. The molecular formula is C15H20N4O3. The molecule has 1 N–H and O–H groups in total. The number of hydrogen-bond donors (Lipinski definition) is 1. The molecule has 1 amide bonds. The molecule has 7 heteroatoms. The number of aliphatic hydroxyl groups is 1. The van der Waals surface area contributed by atoms with E-state index in [2.05, 4.69) is 4.98 Å². The summed E-state index contributed by atoms with van der Waals surface area (Å²) in [5, 5.41) is 18.9. The first-order chi connectivity index (χ1) is 10.6. The highest BCUT2D eigenvalue weighted by molar-refractivity contribution is 5.76. The van der Waals surface area contributed by atoms with Crippen molar-refractivity contribution in [2.45, 2.75) is 12.5 Å². The summed E-state index contributed by atoms with van der Waals surface area (Å²) >= 11 is 0. The first-order valence-electron chi connectivity index (χ1n) is 7.20. The number of pyridine rings is 1. The maximum absolute atomic E-state index is 12.0.